The predicted octanol–water partition coefficient (Wildman–Crippen LogP) is 3.53. The number of carboxylic acid groups (broad SMARTS) is 1. The molecule has 2 aromatic rings. The van der Waals surface area contributed by atoms with Gasteiger partial charge >= 0.3 is 5.97 Å². The summed E-state index contributed by atoms with van der Waals surface area (Å²) in [7, 11) is 1.68. The first-order valence-electron chi connectivity index (χ1n) is 8.81. The molecule has 0 heterocycles. The Morgan fingerprint density at radius 3 is 2.72 bits per heavy atom. The van der Waals surface area contributed by atoms with E-state index >= 15 is 0 Å². The Kier molecular flexibility index (Phi) is 5.71. The monoisotopic (exact) mass is 339 g/mol. The van der Waals surface area contributed by atoms with Crippen LogP contribution in [0.5, 0.6) is 5.75 Å². The second kappa shape index (κ2) is 8.17. The molecule has 1 N–H and O–H groups in total. The van der Waals surface area contributed by atoms with Crippen LogP contribution in [0, 0.1) is 0 Å². The van der Waals surface area contributed by atoms with E-state index in [4.69, 9.17) is 4.74 Å². The van der Waals surface area contributed by atoms with E-state index in [-0.39, 0.29) is 12.6 Å². The Hall–Kier alpha value is -2.33. The normalized spacial score (nSPS) is 17.0. The number of carboxylic acids is 1. The van der Waals surface area contributed by atoms with Crippen molar-refractivity contribution in [1.29, 1.82) is 0 Å². The molecule has 0 aromatic heterocycles. The fourth-order valence-electron chi connectivity index (χ4n) is 3.66. The van der Waals surface area contributed by atoms with Crippen molar-refractivity contribution in [3.63, 3.8) is 0 Å². The van der Waals surface area contributed by atoms with E-state index in [9.17, 15) is 9.90 Å². The molecule has 0 bridgehead atoms. The maximum Gasteiger partial charge on any atom is 0.317 e. The summed E-state index contributed by atoms with van der Waals surface area (Å²) in [5.74, 6) is 0.0956. The van der Waals surface area contributed by atoms with E-state index in [1.54, 1.807) is 7.11 Å². The maximum absolute atomic E-state index is 11.4. The third kappa shape index (κ3) is 4.60. The molecule has 0 spiro atoms. The Morgan fingerprint density at radius 2 is 2.00 bits per heavy atom. The molecule has 0 saturated carbocycles. The van der Waals surface area contributed by atoms with Gasteiger partial charge < -0.3 is 9.84 Å². The van der Waals surface area contributed by atoms with Crippen LogP contribution in [-0.2, 0) is 24.2 Å². The van der Waals surface area contributed by atoms with Crippen molar-refractivity contribution >= 4 is 5.97 Å². The van der Waals surface area contributed by atoms with Gasteiger partial charge in [-0.15, -0.1) is 0 Å². The maximum atomic E-state index is 11.4. The van der Waals surface area contributed by atoms with E-state index in [0.29, 0.717) is 6.54 Å². The zero-order valence-corrected chi connectivity index (χ0v) is 14.6. The second-order valence-electron chi connectivity index (χ2n) is 6.67. The minimum atomic E-state index is -0.772. The summed E-state index contributed by atoms with van der Waals surface area (Å²) in [4.78, 5) is 13.5. The number of nitrogens with zero attached hydrogens (tertiary/aromatic N) is 1. The first-order valence-corrected chi connectivity index (χ1v) is 8.81. The molecule has 4 nitrogen and oxygen atoms in total. The number of hydrogen-bond acceptors (Lipinski definition) is 3. The molecule has 1 unspecified atom stereocenters. The molecule has 1 aliphatic carbocycles. The quantitative estimate of drug-likeness (QED) is 0.818. The van der Waals surface area contributed by atoms with Crippen LogP contribution in [0.2, 0.25) is 0 Å². The average molecular weight is 339 g/mol. The summed E-state index contributed by atoms with van der Waals surface area (Å²) < 4.78 is 5.37. The highest BCUT2D eigenvalue weighted by atomic mass is 16.5. The smallest absolute Gasteiger partial charge is 0.317 e. The minimum absolute atomic E-state index is 0.0683. The fourth-order valence-corrected chi connectivity index (χ4v) is 3.66. The summed E-state index contributed by atoms with van der Waals surface area (Å²) in [5, 5.41) is 9.38. The van der Waals surface area contributed by atoms with E-state index in [1.807, 2.05) is 24.3 Å². The average Bonchev–Trinajstić information content (AvgIpc) is 2.83. The SMILES string of the molecule is COc1ccc2c(c1)CC(N(CC(=O)O)Cc1ccccc1)CCC2. The minimum Gasteiger partial charge on any atom is -0.497 e. The Morgan fingerprint density at radius 1 is 1.20 bits per heavy atom. The van der Waals surface area contributed by atoms with Crippen LogP contribution in [0.3, 0.4) is 0 Å². The second-order valence-corrected chi connectivity index (χ2v) is 6.67. The van der Waals surface area contributed by atoms with Crippen LogP contribution in [0.25, 0.3) is 0 Å². The van der Waals surface area contributed by atoms with Gasteiger partial charge in [0.25, 0.3) is 0 Å². The number of methoxy groups -OCH3 is 1. The summed E-state index contributed by atoms with van der Waals surface area (Å²) >= 11 is 0. The van der Waals surface area contributed by atoms with Crippen molar-refractivity contribution in [3.8, 4) is 5.75 Å². The van der Waals surface area contributed by atoms with Crippen LogP contribution in [0.1, 0.15) is 29.5 Å². The number of fused-ring (bicyclic) bond motifs is 1. The first kappa shape index (κ1) is 17.5. The summed E-state index contributed by atoms with van der Waals surface area (Å²) in [6.07, 6.45) is 4.00. The van der Waals surface area contributed by atoms with E-state index in [0.717, 1.165) is 37.0 Å². The van der Waals surface area contributed by atoms with E-state index in [2.05, 4.69) is 29.2 Å². The molecular formula is C21H25NO3. The topological polar surface area (TPSA) is 49.8 Å². The molecule has 0 aliphatic heterocycles. The van der Waals surface area contributed by atoms with Gasteiger partial charge in [-0.1, -0.05) is 36.4 Å². The number of benzene rings is 2. The molecule has 132 valence electrons. The highest BCUT2D eigenvalue weighted by Crippen LogP contribution is 2.27. The van der Waals surface area contributed by atoms with Crippen LogP contribution >= 0.6 is 0 Å². The Labute approximate surface area is 149 Å². The Bertz CT molecular complexity index is 714. The number of hydrogen-bond donors (Lipinski definition) is 1. The number of carbonyl (C=O) groups is 1. The molecule has 1 atom stereocenters. The van der Waals surface area contributed by atoms with Gasteiger partial charge in [-0.3, -0.25) is 9.69 Å². The van der Waals surface area contributed by atoms with Gasteiger partial charge in [0.1, 0.15) is 5.75 Å². The molecule has 3 rings (SSSR count). The molecule has 1 aliphatic rings. The lowest BCUT2D eigenvalue weighted by atomic mass is 10.00. The van der Waals surface area contributed by atoms with Crippen LogP contribution in [0.15, 0.2) is 48.5 Å². The van der Waals surface area contributed by atoms with E-state index in [1.165, 1.54) is 11.1 Å². The number of rotatable bonds is 6. The van der Waals surface area contributed by atoms with Crippen LogP contribution < -0.4 is 4.74 Å². The lowest BCUT2D eigenvalue weighted by molar-refractivity contribution is -0.139. The molecular weight excluding hydrogens is 314 g/mol. The van der Waals surface area contributed by atoms with Crippen molar-refractivity contribution in [2.45, 2.75) is 38.3 Å². The Balaban J connectivity index is 1.82. The number of aryl methyl sites for hydroxylation is 1. The van der Waals surface area contributed by atoms with Gasteiger partial charge in [0, 0.05) is 12.6 Å². The first-order chi connectivity index (χ1) is 12.2. The highest BCUT2D eigenvalue weighted by Gasteiger charge is 2.24. The number of aliphatic carboxylic acids is 1. The van der Waals surface area contributed by atoms with Gasteiger partial charge in [0.15, 0.2) is 0 Å². The lowest BCUT2D eigenvalue weighted by Gasteiger charge is -2.30. The summed E-state index contributed by atoms with van der Waals surface area (Å²) in [6.45, 7) is 0.732. The lowest BCUT2D eigenvalue weighted by Crippen LogP contribution is -2.39. The standard InChI is InChI=1S/C21H25NO3/c1-25-20-11-10-17-8-5-9-19(12-18(17)13-20)22(15-21(23)24)14-16-6-3-2-4-7-16/h2-4,6-7,10-11,13,19H,5,8-9,12,14-15H2,1H3,(H,23,24). The van der Waals surface area contributed by atoms with Crippen molar-refractivity contribution in [2.24, 2.45) is 0 Å². The molecule has 2 aromatic carbocycles. The third-order valence-electron chi connectivity index (χ3n) is 4.94. The highest BCUT2D eigenvalue weighted by molar-refractivity contribution is 5.69. The molecule has 0 radical (unpaired) electrons. The predicted molar refractivity (Wildman–Crippen MR) is 97.9 cm³/mol. The van der Waals surface area contributed by atoms with Crippen LogP contribution in [-0.4, -0.2) is 35.7 Å². The summed E-state index contributed by atoms with van der Waals surface area (Å²) in [5.41, 5.74) is 3.79. The molecule has 25 heavy (non-hydrogen) atoms. The molecule has 4 heteroatoms. The molecule has 0 saturated heterocycles. The summed E-state index contributed by atoms with van der Waals surface area (Å²) in [6, 6.07) is 16.6. The van der Waals surface area contributed by atoms with Crippen molar-refractivity contribution in [2.75, 3.05) is 13.7 Å². The van der Waals surface area contributed by atoms with Gasteiger partial charge in [0.05, 0.1) is 13.7 Å². The number of ether oxygens (including phenoxy) is 1. The molecule has 0 amide bonds. The van der Waals surface area contributed by atoms with Crippen molar-refractivity contribution in [1.82, 2.24) is 4.90 Å². The zero-order chi connectivity index (χ0) is 17.6. The fraction of sp³-hybridized carbons (Fsp3) is 0.381. The van der Waals surface area contributed by atoms with Crippen LogP contribution in [0.4, 0.5) is 0 Å². The van der Waals surface area contributed by atoms with Gasteiger partial charge in [-0.05, 0) is 54.5 Å². The van der Waals surface area contributed by atoms with Gasteiger partial charge in [-0.2, -0.15) is 0 Å². The van der Waals surface area contributed by atoms with Crippen molar-refractivity contribution < 1.29 is 14.6 Å². The molecule has 0 fully saturated rings. The van der Waals surface area contributed by atoms with Crippen molar-refractivity contribution in [3.05, 3.63) is 65.2 Å². The largest absolute Gasteiger partial charge is 0.497 e. The zero-order valence-electron chi connectivity index (χ0n) is 14.6. The van der Waals surface area contributed by atoms with E-state index < -0.39 is 5.97 Å². The van der Waals surface area contributed by atoms with Gasteiger partial charge in [0.2, 0.25) is 0 Å². The third-order valence-corrected chi connectivity index (χ3v) is 4.94. The van der Waals surface area contributed by atoms with Gasteiger partial charge in [-0.25, -0.2) is 0 Å².